The zero-order valence-electron chi connectivity index (χ0n) is 14.2. The lowest BCUT2D eigenvalue weighted by Gasteiger charge is -2.30. The summed E-state index contributed by atoms with van der Waals surface area (Å²) in [6.07, 6.45) is 0.520. The summed E-state index contributed by atoms with van der Waals surface area (Å²) in [7, 11) is 0. The lowest BCUT2D eigenvalue weighted by molar-refractivity contribution is 0.0909. The minimum absolute atomic E-state index is 0.126. The summed E-state index contributed by atoms with van der Waals surface area (Å²) in [5.74, 6) is 0.601. The average molecular weight is 337 g/mol. The highest BCUT2D eigenvalue weighted by molar-refractivity contribution is 5.75. The summed E-state index contributed by atoms with van der Waals surface area (Å²) < 4.78 is 1.93. The van der Waals surface area contributed by atoms with E-state index in [0.717, 1.165) is 30.5 Å². The second-order valence-corrected chi connectivity index (χ2v) is 6.69. The van der Waals surface area contributed by atoms with Crippen molar-refractivity contribution in [1.82, 2.24) is 14.5 Å². The molecule has 2 heterocycles. The van der Waals surface area contributed by atoms with E-state index in [1.807, 2.05) is 28.8 Å². The second-order valence-electron chi connectivity index (χ2n) is 6.69. The number of aliphatic hydroxyl groups excluding tert-OH is 2. The van der Waals surface area contributed by atoms with Crippen molar-refractivity contribution in [2.24, 2.45) is 0 Å². The molecule has 0 saturated heterocycles. The predicted molar refractivity (Wildman–Crippen MR) is 97.1 cm³/mol. The van der Waals surface area contributed by atoms with E-state index in [4.69, 9.17) is 0 Å². The standard InChI is InChI=1S/C20H23N3O2/c24-14-20-21-18-7-3-4-8-19(18)23(20)13-17(25)12-22-10-9-15-5-1-2-6-16(15)11-22/h1-8,17,24-25H,9-14H2/t17-/m0/s1. The van der Waals surface area contributed by atoms with Crippen LogP contribution in [0.2, 0.25) is 0 Å². The third kappa shape index (κ3) is 3.31. The Bertz CT molecular complexity index is 874. The van der Waals surface area contributed by atoms with Crippen LogP contribution in [-0.2, 0) is 26.1 Å². The molecule has 2 N–H and O–H groups in total. The van der Waals surface area contributed by atoms with E-state index in [9.17, 15) is 10.2 Å². The number of fused-ring (bicyclic) bond motifs is 2. The molecule has 1 aliphatic heterocycles. The first-order chi connectivity index (χ1) is 12.2. The summed E-state index contributed by atoms with van der Waals surface area (Å²) >= 11 is 0. The van der Waals surface area contributed by atoms with Gasteiger partial charge in [-0.3, -0.25) is 4.90 Å². The highest BCUT2D eigenvalue weighted by atomic mass is 16.3. The van der Waals surface area contributed by atoms with Crippen LogP contribution in [0.5, 0.6) is 0 Å². The predicted octanol–water partition coefficient (Wildman–Crippen LogP) is 1.95. The molecule has 0 fully saturated rings. The van der Waals surface area contributed by atoms with E-state index in [-0.39, 0.29) is 6.61 Å². The summed E-state index contributed by atoms with van der Waals surface area (Å²) in [4.78, 5) is 6.75. The zero-order valence-corrected chi connectivity index (χ0v) is 14.2. The molecule has 3 aromatic rings. The zero-order chi connectivity index (χ0) is 17.2. The fourth-order valence-corrected chi connectivity index (χ4v) is 3.73. The van der Waals surface area contributed by atoms with Crippen molar-refractivity contribution in [3.8, 4) is 0 Å². The molecule has 0 aliphatic carbocycles. The molecule has 0 bridgehead atoms. The lowest BCUT2D eigenvalue weighted by atomic mass is 10.00. The monoisotopic (exact) mass is 337 g/mol. The molecule has 4 rings (SSSR count). The smallest absolute Gasteiger partial charge is 0.135 e. The molecule has 0 saturated carbocycles. The van der Waals surface area contributed by atoms with Gasteiger partial charge in [0.25, 0.3) is 0 Å². The van der Waals surface area contributed by atoms with Gasteiger partial charge in [0.05, 0.1) is 23.7 Å². The van der Waals surface area contributed by atoms with Gasteiger partial charge in [0.2, 0.25) is 0 Å². The Hall–Kier alpha value is -2.21. The van der Waals surface area contributed by atoms with Crippen molar-refractivity contribution in [3.05, 3.63) is 65.5 Å². The summed E-state index contributed by atoms with van der Waals surface area (Å²) in [5.41, 5.74) is 4.57. The maximum atomic E-state index is 10.6. The number of nitrogens with zero attached hydrogens (tertiary/aromatic N) is 3. The van der Waals surface area contributed by atoms with Gasteiger partial charge in [-0.2, -0.15) is 0 Å². The number of para-hydroxylation sites is 2. The van der Waals surface area contributed by atoms with Gasteiger partial charge < -0.3 is 14.8 Å². The van der Waals surface area contributed by atoms with Gasteiger partial charge in [-0.15, -0.1) is 0 Å². The number of hydrogen-bond acceptors (Lipinski definition) is 4. The molecule has 25 heavy (non-hydrogen) atoms. The number of aromatic nitrogens is 2. The molecule has 0 spiro atoms. The largest absolute Gasteiger partial charge is 0.390 e. The number of aliphatic hydroxyl groups is 2. The van der Waals surface area contributed by atoms with Gasteiger partial charge >= 0.3 is 0 Å². The first kappa shape index (κ1) is 16.3. The fourth-order valence-electron chi connectivity index (χ4n) is 3.73. The van der Waals surface area contributed by atoms with E-state index in [0.29, 0.717) is 18.9 Å². The van der Waals surface area contributed by atoms with E-state index in [1.165, 1.54) is 11.1 Å². The van der Waals surface area contributed by atoms with Crippen LogP contribution in [0.25, 0.3) is 11.0 Å². The normalized spacial score (nSPS) is 16.1. The molecule has 0 amide bonds. The van der Waals surface area contributed by atoms with E-state index in [2.05, 4.69) is 34.1 Å². The highest BCUT2D eigenvalue weighted by Crippen LogP contribution is 2.20. The van der Waals surface area contributed by atoms with Crippen LogP contribution in [-0.4, -0.2) is 43.9 Å². The van der Waals surface area contributed by atoms with Crippen LogP contribution in [0.15, 0.2) is 48.5 Å². The van der Waals surface area contributed by atoms with Gasteiger partial charge in [-0.05, 0) is 29.7 Å². The van der Waals surface area contributed by atoms with Crippen molar-refractivity contribution < 1.29 is 10.2 Å². The van der Waals surface area contributed by atoms with E-state index >= 15 is 0 Å². The van der Waals surface area contributed by atoms with E-state index in [1.54, 1.807) is 0 Å². The van der Waals surface area contributed by atoms with Crippen LogP contribution >= 0.6 is 0 Å². The molecule has 5 nitrogen and oxygen atoms in total. The molecular weight excluding hydrogens is 314 g/mol. The Kier molecular flexibility index (Phi) is 4.53. The quantitative estimate of drug-likeness (QED) is 0.747. The van der Waals surface area contributed by atoms with Gasteiger partial charge in [-0.25, -0.2) is 4.98 Å². The maximum Gasteiger partial charge on any atom is 0.135 e. The van der Waals surface area contributed by atoms with E-state index < -0.39 is 6.10 Å². The van der Waals surface area contributed by atoms with Gasteiger partial charge in [0.15, 0.2) is 0 Å². The molecule has 1 atom stereocenters. The molecule has 1 aliphatic rings. The molecular formula is C20H23N3O2. The Morgan fingerprint density at radius 3 is 2.60 bits per heavy atom. The van der Waals surface area contributed by atoms with Crippen molar-refractivity contribution in [1.29, 1.82) is 0 Å². The molecule has 1 aromatic heterocycles. The van der Waals surface area contributed by atoms with Crippen molar-refractivity contribution >= 4 is 11.0 Å². The van der Waals surface area contributed by atoms with Crippen molar-refractivity contribution in [2.45, 2.75) is 32.2 Å². The van der Waals surface area contributed by atoms with Gasteiger partial charge in [0, 0.05) is 19.6 Å². The number of hydrogen-bond donors (Lipinski definition) is 2. The minimum Gasteiger partial charge on any atom is -0.390 e. The number of imidazole rings is 1. The fraction of sp³-hybridized carbons (Fsp3) is 0.350. The molecule has 5 heteroatoms. The maximum absolute atomic E-state index is 10.6. The highest BCUT2D eigenvalue weighted by Gasteiger charge is 2.20. The Balaban J connectivity index is 1.47. The number of benzene rings is 2. The molecule has 0 unspecified atom stereocenters. The third-order valence-electron chi connectivity index (χ3n) is 4.95. The molecule has 0 radical (unpaired) electrons. The Morgan fingerprint density at radius 2 is 1.76 bits per heavy atom. The Morgan fingerprint density at radius 1 is 1.00 bits per heavy atom. The SMILES string of the molecule is OCc1nc2ccccc2n1C[C@@H](O)CN1CCc2ccccc2C1. The first-order valence-electron chi connectivity index (χ1n) is 8.77. The van der Waals surface area contributed by atoms with Gasteiger partial charge in [-0.1, -0.05) is 36.4 Å². The van der Waals surface area contributed by atoms with Crippen LogP contribution in [0.4, 0.5) is 0 Å². The summed E-state index contributed by atoms with van der Waals surface area (Å²) in [6, 6.07) is 16.3. The number of rotatable bonds is 5. The van der Waals surface area contributed by atoms with Crippen molar-refractivity contribution in [2.75, 3.05) is 13.1 Å². The summed E-state index contributed by atoms with van der Waals surface area (Å²) in [6.45, 7) is 2.77. The average Bonchev–Trinajstić information content (AvgIpc) is 2.99. The second kappa shape index (κ2) is 6.96. The van der Waals surface area contributed by atoms with Crippen LogP contribution < -0.4 is 0 Å². The first-order valence-corrected chi connectivity index (χ1v) is 8.77. The Labute approximate surface area is 147 Å². The van der Waals surface area contributed by atoms with Crippen LogP contribution in [0.1, 0.15) is 17.0 Å². The summed E-state index contributed by atoms with van der Waals surface area (Å²) in [5, 5.41) is 20.2. The van der Waals surface area contributed by atoms with Crippen LogP contribution in [0.3, 0.4) is 0 Å². The minimum atomic E-state index is -0.506. The number of β-amino-alcohol motifs (C(OH)–C–C–N with tert-alkyl or cyclic N) is 1. The van der Waals surface area contributed by atoms with Crippen LogP contribution in [0, 0.1) is 0 Å². The topological polar surface area (TPSA) is 61.5 Å². The van der Waals surface area contributed by atoms with Crippen molar-refractivity contribution in [3.63, 3.8) is 0 Å². The lowest BCUT2D eigenvalue weighted by Crippen LogP contribution is -2.38. The third-order valence-corrected chi connectivity index (χ3v) is 4.95. The molecule has 2 aromatic carbocycles. The van der Waals surface area contributed by atoms with Gasteiger partial charge in [0.1, 0.15) is 12.4 Å². The molecule has 130 valence electrons.